The van der Waals surface area contributed by atoms with Gasteiger partial charge in [-0.1, -0.05) is 6.07 Å². The van der Waals surface area contributed by atoms with Crippen molar-refractivity contribution in [2.75, 3.05) is 7.11 Å². The number of halogens is 1. The highest BCUT2D eigenvalue weighted by Gasteiger charge is 2.10. The zero-order chi connectivity index (χ0) is 11.5. The lowest BCUT2D eigenvalue weighted by Gasteiger charge is -2.09. The standard InChI is InChI=1S/C13H10FO2/c1-16-13-8-9(14)6-7-11(13)10-4-2-3-5-12(10)15/h2,4-8,15H,1H3. The molecule has 0 spiro atoms. The van der Waals surface area contributed by atoms with E-state index in [0.717, 1.165) is 0 Å². The van der Waals surface area contributed by atoms with E-state index in [0.29, 0.717) is 16.9 Å². The van der Waals surface area contributed by atoms with Crippen LogP contribution in [-0.4, -0.2) is 12.2 Å². The van der Waals surface area contributed by atoms with Crippen molar-refractivity contribution in [3.8, 4) is 22.6 Å². The van der Waals surface area contributed by atoms with Crippen molar-refractivity contribution >= 4 is 0 Å². The van der Waals surface area contributed by atoms with Crippen LogP contribution in [0.15, 0.2) is 36.4 Å². The van der Waals surface area contributed by atoms with Crippen LogP contribution in [0.5, 0.6) is 11.5 Å². The Morgan fingerprint density at radius 3 is 2.75 bits per heavy atom. The molecule has 2 rings (SSSR count). The fraction of sp³-hybridized carbons (Fsp3) is 0.0769. The van der Waals surface area contributed by atoms with Crippen LogP contribution in [0.25, 0.3) is 11.1 Å². The van der Waals surface area contributed by atoms with E-state index in [1.807, 2.05) is 0 Å². The van der Waals surface area contributed by atoms with Gasteiger partial charge in [-0.05, 0) is 30.3 Å². The lowest BCUT2D eigenvalue weighted by Crippen LogP contribution is -1.89. The Morgan fingerprint density at radius 2 is 2.06 bits per heavy atom. The second-order valence-corrected chi connectivity index (χ2v) is 3.29. The second kappa shape index (κ2) is 4.23. The average molecular weight is 217 g/mol. The molecule has 0 aliphatic heterocycles. The molecule has 0 saturated carbocycles. The molecule has 0 bridgehead atoms. The maximum absolute atomic E-state index is 13.0. The molecule has 0 aliphatic carbocycles. The minimum Gasteiger partial charge on any atom is -0.507 e. The van der Waals surface area contributed by atoms with Crippen LogP contribution in [0.3, 0.4) is 0 Å². The molecule has 0 heterocycles. The molecule has 2 nitrogen and oxygen atoms in total. The van der Waals surface area contributed by atoms with Crippen molar-refractivity contribution in [1.29, 1.82) is 0 Å². The van der Waals surface area contributed by atoms with Crippen LogP contribution in [0.2, 0.25) is 0 Å². The zero-order valence-corrected chi connectivity index (χ0v) is 8.70. The Kier molecular flexibility index (Phi) is 2.77. The molecule has 0 aliphatic rings. The first-order valence-electron chi connectivity index (χ1n) is 4.75. The fourth-order valence-electron chi connectivity index (χ4n) is 1.54. The summed E-state index contributed by atoms with van der Waals surface area (Å²) in [5, 5.41) is 9.67. The number of methoxy groups -OCH3 is 1. The first kappa shape index (κ1) is 10.5. The van der Waals surface area contributed by atoms with E-state index in [1.165, 1.54) is 25.3 Å². The summed E-state index contributed by atoms with van der Waals surface area (Å²) < 4.78 is 18.1. The van der Waals surface area contributed by atoms with Crippen molar-refractivity contribution in [3.63, 3.8) is 0 Å². The van der Waals surface area contributed by atoms with Crippen LogP contribution < -0.4 is 4.74 Å². The normalized spacial score (nSPS) is 10.1. The van der Waals surface area contributed by atoms with Gasteiger partial charge in [0.25, 0.3) is 0 Å². The maximum atomic E-state index is 13.0. The summed E-state index contributed by atoms with van der Waals surface area (Å²) >= 11 is 0. The van der Waals surface area contributed by atoms with Crippen molar-refractivity contribution in [3.05, 3.63) is 48.3 Å². The van der Waals surface area contributed by atoms with Gasteiger partial charge in [0.2, 0.25) is 0 Å². The molecule has 16 heavy (non-hydrogen) atoms. The SMILES string of the molecule is COc1cc(F)ccc1-c1cc[c]cc1O. The third-order valence-corrected chi connectivity index (χ3v) is 2.30. The highest BCUT2D eigenvalue weighted by atomic mass is 19.1. The molecule has 0 amide bonds. The fourth-order valence-corrected chi connectivity index (χ4v) is 1.54. The molecule has 0 saturated heterocycles. The number of ether oxygens (including phenoxy) is 1. The highest BCUT2D eigenvalue weighted by molar-refractivity contribution is 5.75. The van der Waals surface area contributed by atoms with E-state index in [9.17, 15) is 9.50 Å². The maximum Gasteiger partial charge on any atom is 0.129 e. The minimum atomic E-state index is -0.373. The third-order valence-electron chi connectivity index (χ3n) is 2.30. The van der Waals surface area contributed by atoms with Gasteiger partial charge in [0, 0.05) is 17.2 Å². The second-order valence-electron chi connectivity index (χ2n) is 3.29. The van der Waals surface area contributed by atoms with Gasteiger partial charge in [0.15, 0.2) is 0 Å². The van der Waals surface area contributed by atoms with Gasteiger partial charge in [-0.25, -0.2) is 4.39 Å². The van der Waals surface area contributed by atoms with Crippen molar-refractivity contribution in [2.45, 2.75) is 0 Å². The highest BCUT2D eigenvalue weighted by Crippen LogP contribution is 2.35. The number of hydrogen-bond donors (Lipinski definition) is 1. The molecule has 2 aromatic rings. The number of phenols is 1. The van der Waals surface area contributed by atoms with Crippen molar-refractivity contribution in [1.82, 2.24) is 0 Å². The molecule has 1 radical (unpaired) electrons. The van der Waals surface area contributed by atoms with Gasteiger partial charge in [-0.2, -0.15) is 0 Å². The van der Waals surface area contributed by atoms with Crippen molar-refractivity contribution < 1.29 is 14.2 Å². The quantitative estimate of drug-likeness (QED) is 0.837. The van der Waals surface area contributed by atoms with E-state index in [-0.39, 0.29) is 11.6 Å². The Morgan fingerprint density at radius 1 is 1.25 bits per heavy atom. The van der Waals surface area contributed by atoms with Crippen LogP contribution in [0.1, 0.15) is 0 Å². The molecular formula is C13H10FO2. The molecular weight excluding hydrogens is 207 g/mol. The third kappa shape index (κ3) is 1.84. The first-order chi connectivity index (χ1) is 7.72. The van der Waals surface area contributed by atoms with Gasteiger partial charge in [-0.3, -0.25) is 0 Å². The molecule has 0 fully saturated rings. The van der Waals surface area contributed by atoms with Crippen LogP contribution >= 0.6 is 0 Å². The summed E-state index contributed by atoms with van der Waals surface area (Å²) in [6, 6.07) is 11.8. The molecule has 0 atom stereocenters. The minimum absolute atomic E-state index is 0.0902. The Balaban J connectivity index is 2.60. The number of hydrogen-bond acceptors (Lipinski definition) is 2. The Hall–Kier alpha value is -2.03. The molecule has 81 valence electrons. The van der Waals surface area contributed by atoms with Crippen LogP contribution in [0, 0.1) is 11.9 Å². The topological polar surface area (TPSA) is 29.5 Å². The summed E-state index contributed by atoms with van der Waals surface area (Å²) in [7, 11) is 1.46. The van der Waals surface area contributed by atoms with Gasteiger partial charge >= 0.3 is 0 Å². The van der Waals surface area contributed by atoms with E-state index in [1.54, 1.807) is 18.2 Å². The van der Waals surface area contributed by atoms with E-state index >= 15 is 0 Å². The summed E-state index contributed by atoms with van der Waals surface area (Å²) in [6.45, 7) is 0. The first-order valence-corrected chi connectivity index (χ1v) is 4.75. The van der Waals surface area contributed by atoms with Gasteiger partial charge in [0.1, 0.15) is 17.3 Å². The number of aromatic hydroxyl groups is 1. The zero-order valence-electron chi connectivity index (χ0n) is 8.70. The van der Waals surface area contributed by atoms with Crippen LogP contribution in [0.4, 0.5) is 4.39 Å². The van der Waals surface area contributed by atoms with E-state index < -0.39 is 0 Å². The number of phenolic OH excluding ortho intramolecular Hbond substituents is 1. The average Bonchev–Trinajstić information content (AvgIpc) is 2.30. The number of benzene rings is 2. The van der Waals surface area contributed by atoms with Gasteiger partial charge in [-0.15, -0.1) is 0 Å². The summed E-state index contributed by atoms with van der Waals surface area (Å²) in [5.41, 5.74) is 1.24. The van der Waals surface area contributed by atoms with Gasteiger partial charge in [0.05, 0.1) is 7.11 Å². The lowest BCUT2D eigenvalue weighted by atomic mass is 10.0. The smallest absolute Gasteiger partial charge is 0.129 e. The van der Waals surface area contributed by atoms with Gasteiger partial charge < -0.3 is 9.84 Å². The molecule has 2 aromatic carbocycles. The summed E-state index contributed by atoms with van der Waals surface area (Å²) in [6.07, 6.45) is 0. The largest absolute Gasteiger partial charge is 0.507 e. The van der Waals surface area contributed by atoms with Crippen molar-refractivity contribution in [2.24, 2.45) is 0 Å². The predicted octanol–water partition coefficient (Wildman–Crippen LogP) is 3.01. The Labute approximate surface area is 92.9 Å². The Bertz CT molecular complexity index is 509. The molecule has 0 aromatic heterocycles. The molecule has 0 unspecified atom stereocenters. The molecule has 1 N–H and O–H groups in total. The van der Waals surface area contributed by atoms with E-state index in [4.69, 9.17) is 4.74 Å². The summed E-state index contributed by atoms with van der Waals surface area (Å²) in [4.78, 5) is 0. The number of rotatable bonds is 2. The monoisotopic (exact) mass is 217 g/mol. The lowest BCUT2D eigenvalue weighted by molar-refractivity contribution is 0.412. The summed E-state index contributed by atoms with van der Waals surface area (Å²) in [5.74, 6) is 0.108. The van der Waals surface area contributed by atoms with E-state index in [2.05, 4.69) is 6.07 Å². The van der Waals surface area contributed by atoms with Crippen LogP contribution in [-0.2, 0) is 0 Å². The predicted molar refractivity (Wildman–Crippen MR) is 58.9 cm³/mol. The molecule has 3 heteroatoms.